The molecule has 0 aliphatic carbocycles. The van der Waals surface area contributed by atoms with E-state index >= 15 is 0 Å². The summed E-state index contributed by atoms with van der Waals surface area (Å²) in [6.07, 6.45) is 0.322. The summed E-state index contributed by atoms with van der Waals surface area (Å²) in [4.78, 5) is 25.2. The van der Waals surface area contributed by atoms with Crippen LogP contribution in [0.1, 0.15) is 45.2 Å². The average Bonchev–Trinajstić information content (AvgIpc) is 2.34. The SMILES string of the molecule is CC(=O)N(CCC(=O)NCc1cccc(C)c1)C(C)(C)C. The summed E-state index contributed by atoms with van der Waals surface area (Å²) in [7, 11) is 0. The van der Waals surface area contributed by atoms with E-state index in [4.69, 9.17) is 0 Å². The molecule has 0 aromatic heterocycles. The second-order valence-electron chi connectivity index (χ2n) is 6.36. The van der Waals surface area contributed by atoms with Gasteiger partial charge in [0, 0.05) is 32.0 Å². The lowest BCUT2D eigenvalue weighted by Gasteiger charge is -2.34. The molecule has 0 bridgehead atoms. The van der Waals surface area contributed by atoms with Gasteiger partial charge in [-0.2, -0.15) is 0 Å². The molecule has 0 unspecified atom stereocenters. The second kappa shape index (κ2) is 7.25. The number of carbonyl (C=O) groups is 2. The van der Waals surface area contributed by atoms with Crippen molar-refractivity contribution in [1.29, 1.82) is 0 Å². The van der Waals surface area contributed by atoms with Gasteiger partial charge >= 0.3 is 0 Å². The Bertz CT molecular complexity index is 504. The monoisotopic (exact) mass is 290 g/mol. The smallest absolute Gasteiger partial charge is 0.222 e. The van der Waals surface area contributed by atoms with Crippen LogP contribution in [-0.4, -0.2) is 28.8 Å². The van der Waals surface area contributed by atoms with Gasteiger partial charge in [-0.3, -0.25) is 9.59 Å². The molecule has 0 heterocycles. The summed E-state index contributed by atoms with van der Waals surface area (Å²) < 4.78 is 0. The Balaban J connectivity index is 2.45. The topological polar surface area (TPSA) is 49.4 Å². The fraction of sp³-hybridized carbons (Fsp3) is 0.529. The molecule has 1 N–H and O–H groups in total. The summed E-state index contributed by atoms with van der Waals surface area (Å²) >= 11 is 0. The van der Waals surface area contributed by atoms with Crippen LogP contribution < -0.4 is 5.32 Å². The molecule has 1 aromatic rings. The van der Waals surface area contributed by atoms with Gasteiger partial charge in [0.1, 0.15) is 0 Å². The first-order chi connectivity index (χ1) is 9.70. The fourth-order valence-corrected chi connectivity index (χ4v) is 2.29. The van der Waals surface area contributed by atoms with Gasteiger partial charge < -0.3 is 10.2 Å². The summed E-state index contributed by atoms with van der Waals surface area (Å²) in [5.74, 6) is -0.0407. The van der Waals surface area contributed by atoms with Gasteiger partial charge in [-0.1, -0.05) is 29.8 Å². The molecule has 0 saturated carbocycles. The third-order valence-electron chi connectivity index (χ3n) is 3.32. The van der Waals surface area contributed by atoms with Crippen molar-refractivity contribution in [3.63, 3.8) is 0 Å². The summed E-state index contributed by atoms with van der Waals surface area (Å²) in [6.45, 7) is 10.4. The first-order valence-electron chi connectivity index (χ1n) is 7.30. The van der Waals surface area contributed by atoms with Crippen molar-refractivity contribution in [2.24, 2.45) is 0 Å². The van der Waals surface area contributed by atoms with Crippen LogP contribution in [0, 0.1) is 6.92 Å². The Morgan fingerprint density at radius 3 is 2.43 bits per heavy atom. The van der Waals surface area contributed by atoms with Gasteiger partial charge in [-0.05, 0) is 33.3 Å². The lowest BCUT2D eigenvalue weighted by Crippen LogP contribution is -2.46. The molecule has 0 aliphatic heterocycles. The van der Waals surface area contributed by atoms with Gasteiger partial charge in [0.2, 0.25) is 11.8 Å². The van der Waals surface area contributed by atoms with Crippen molar-refractivity contribution in [1.82, 2.24) is 10.2 Å². The van der Waals surface area contributed by atoms with Crippen LogP contribution in [0.2, 0.25) is 0 Å². The maximum Gasteiger partial charge on any atom is 0.222 e. The van der Waals surface area contributed by atoms with Crippen LogP contribution in [-0.2, 0) is 16.1 Å². The molecule has 116 valence electrons. The molecule has 0 aliphatic rings. The predicted molar refractivity (Wildman–Crippen MR) is 84.8 cm³/mol. The van der Waals surface area contributed by atoms with Gasteiger partial charge in [0.05, 0.1) is 0 Å². The molecule has 1 aromatic carbocycles. The molecule has 4 nitrogen and oxygen atoms in total. The molecule has 1 rings (SSSR count). The van der Waals surface area contributed by atoms with Crippen molar-refractivity contribution >= 4 is 11.8 Å². The molecular weight excluding hydrogens is 264 g/mol. The molecular formula is C17H26N2O2. The molecule has 0 saturated heterocycles. The van der Waals surface area contributed by atoms with E-state index in [-0.39, 0.29) is 17.4 Å². The van der Waals surface area contributed by atoms with Crippen LogP contribution in [0.25, 0.3) is 0 Å². The Hall–Kier alpha value is -1.84. The number of hydrogen-bond donors (Lipinski definition) is 1. The lowest BCUT2D eigenvalue weighted by molar-refractivity contribution is -0.134. The van der Waals surface area contributed by atoms with Gasteiger partial charge in [-0.15, -0.1) is 0 Å². The number of carbonyl (C=O) groups excluding carboxylic acids is 2. The molecule has 0 spiro atoms. The van der Waals surface area contributed by atoms with Gasteiger partial charge in [0.25, 0.3) is 0 Å². The van der Waals surface area contributed by atoms with E-state index in [2.05, 4.69) is 11.4 Å². The van der Waals surface area contributed by atoms with E-state index in [1.165, 1.54) is 12.5 Å². The number of nitrogens with one attached hydrogen (secondary N) is 1. The van der Waals surface area contributed by atoms with Crippen LogP contribution in [0.4, 0.5) is 0 Å². The molecule has 21 heavy (non-hydrogen) atoms. The molecule has 4 heteroatoms. The van der Waals surface area contributed by atoms with E-state index < -0.39 is 0 Å². The number of aryl methyl sites for hydroxylation is 1. The summed E-state index contributed by atoms with van der Waals surface area (Å²) in [5, 5.41) is 2.89. The van der Waals surface area contributed by atoms with Crippen molar-refractivity contribution in [3.8, 4) is 0 Å². The fourth-order valence-electron chi connectivity index (χ4n) is 2.29. The van der Waals surface area contributed by atoms with E-state index in [0.717, 1.165) is 5.56 Å². The Kier molecular flexibility index (Phi) is 5.94. The maximum absolute atomic E-state index is 11.9. The number of nitrogens with zero attached hydrogens (tertiary/aromatic N) is 1. The highest BCUT2D eigenvalue weighted by Gasteiger charge is 2.23. The zero-order chi connectivity index (χ0) is 16.0. The summed E-state index contributed by atoms with van der Waals surface area (Å²) in [5.41, 5.74) is 2.00. The highest BCUT2D eigenvalue weighted by molar-refractivity contribution is 5.78. The Morgan fingerprint density at radius 1 is 1.24 bits per heavy atom. The maximum atomic E-state index is 11.9. The zero-order valence-corrected chi connectivity index (χ0v) is 13.7. The van der Waals surface area contributed by atoms with Crippen LogP contribution in [0.15, 0.2) is 24.3 Å². The lowest BCUT2D eigenvalue weighted by atomic mass is 10.1. The molecule has 2 amide bonds. The Morgan fingerprint density at radius 2 is 1.90 bits per heavy atom. The van der Waals surface area contributed by atoms with Crippen molar-refractivity contribution < 1.29 is 9.59 Å². The molecule has 0 atom stereocenters. The first kappa shape index (κ1) is 17.2. The molecule has 0 fully saturated rings. The minimum Gasteiger partial charge on any atom is -0.352 e. The number of rotatable bonds is 5. The van der Waals surface area contributed by atoms with E-state index in [0.29, 0.717) is 19.5 Å². The number of amides is 2. The average molecular weight is 290 g/mol. The van der Waals surface area contributed by atoms with Gasteiger partial charge in [0.15, 0.2) is 0 Å². The van der Waals surface area contributed by atoms with E-state index in [9.17, 15) is 9.59 Å². The predicted octanol–water partition coefficient (Wildman–Crippen LogP) is 2.65. The van der Waals surface area contributed by atoms with E-state index in [1.807, 2.05) is 45.9 Å². The minimum absolute atomic E-state index is 0.00557. The van der Waals surface area contributed by atoms with Gasteiger partial charge in [-0.25, -0.2) is 0 Å². The van der Waals surface area contributed by atoms with Crippen molar-refractivity contribution in [2.45, 2.75) is 53.1 Å². The third-order valence-corrected chi connectivity index (χ3v) is 3.32. The molecule has 0 radical (unpaired) electrons. The minimum atomic E-state index is -0.261. The number of benzene rings is 1. The van der Waals surface area contributed by atoms with Crippen molar-refractivity contribution in [3.05, 3.63) is 35.4 Å². The standard InChI is InChI=1S/C17H26N2O2/c1-13-7-6-8-15(11-13)12-18-16(21)9-10-19(14(2)20)17(3,4)5/h6-8,11H,9-10,12H2,1-5H3,(H,18,21). The summed E-state index contributed by atoms with van der Waals surface area (Å²) in [6, 6.07) is 8.05. The largest absolute Gasteiger partial charge is 0.352 e. The van der Waals surface area contributed by atoms with Crippen LogP contribution in [0.3, 0.4) is 0 Å². The van der Waals surface area contributed by atoms with E-state index in [1.54, 1.807) is 4.90 Å². The quantitative estimate of drug-likeness (QED) is 0.906. The van der Waals surface area contributed by atoms with Crippen LogP contribution in [0.5, 0.6) is 0 Å². The highest BCUT2D eigenvalue weighted by Crippen LogP contribution is 2.13. The third kappa shape index (κ3) is 5.98. The first-order valence-corrected chi connectivity index (χ1v) is 7.30. The van der Waals surface area contributed by atoms with Crippen molar-refractivity contribution in [2.75, 3.05) is 6.54 Å². The normalized spacial score (nSPS) is 11.1. The zero-order valence-electron chi connectivity index (χ0n) is 13.7. The second-order valence-corrected chi connectivity index (χ2v) is 6.36. The van der Waals surface area contributed by atoms with Crippen LogP contribution >= 0.6 is 0 Å². The Labute approximate surface area is 127 Å². The highest BCUT2D eigenvalue weighted by atomic mass is 16.2. The number of hydrogen-bond acceptors (Lipinski definition) is 2.